The highest BCUT2D eigenvalue weighted by Crippen LogP contribution is 2.17. The van der Waals surface area contributed by atoms with Gasteiger partial charge in [-0.1, -0.05) is 0 Å². The van der Waals surface area contributed by atoms with E-state index in [0.29, 0.717) is 0 Å². The molecule has 0 saturated carbocycles. The highest BCUT2D eigenvalue weighted by atomic mass is 32.1. The van der Waals surface area contributed by atoms with Gasteiger partial charge in [0.25, 0.3) is 0 Å². The molecule has 2 rings (SSSR count). The number of furan rings is 1. The highest BCUT2D eigenvalue weighted by molar-refractivity contribution is 7.09. The minimum absolute atomic E-state index is 0.821. The van der Waals surface area contributed by atoms with Crippen LogP contribution in [0.15, 0.2) is 22.3 Å². The zero-order chi connectivity index (χ0) is 13.0. The molecule has 18 heavy (non-hydrogen) atoms. The second kappa shape index (κ2) is 6.13. The van der Waals surface area contributed by atoms with Gasteiger partial charge in [0.2, 0.25) is 0 Å². The minimum Gasteiger partial charge on any atom is -0.468 e. The van der Waals surface area contributed by atoms with Crippen molar-refractivity contribution in [3.63, 3.8) is 0 Å². The van der Waals surface area contributed by atoms with Crippen LogP contribution in [0.25, 0.3) is 0 Å². The molecular weight excluding hydrogens is 246 g/mol. The molecule has 0 amide bonds. The molecule has 0 aliphatic heterocycles. The Morgan fingerprint density at radius 1 is 1.44 bits per heavy atom. The maximum absolute atomic E-state index is 5.54. The lowest BCUT2D eigenvalue weighted by Gasteiger charge is -2.15. The van der Waals surface area contributed by atoms with Gasteiger partial charge < -0.3 is 9.73 Å². The second-order valence-corrected chi connectivity index (χ2v) is 5.37. The number of thiazole rings is 1. The third-order valence-corrected chi connectivity index (χ3v) is 3.80. The van der Waals surface area contributed by atoms with Gasteiger partial charge in [-0.2, -0.15) is 0 Å². The number of nitrogens with zero attached hydrogens (tertiary/aromatic N) is 2. The van der Waals surface area contributed by atoms with E-state index in [1.165, 1.54) is 10.4 Å². The maximum Gasteiger partial charge on any atom is 0.122 e. The fraction of sp³-hybridized carbons (Fsp3) is 0.462. The summed E-state index contributed by atoms with van der Waals surface area (Å²) >= 11 is 1.71. The topological polar surface area (TPSA) is 41.3 Å². The number of aromatic nitrogens is 1. The average molecular weight is 265 g/mol. The maximum atomic E-state index is 5.54. The Bertz CT molecular complexity index is 492. The number of nitrogens with one attached hydrogen (secondary N) is 1. The van der Waals surface area contributed by atoms with E-state index >= 15 is 0 Å². The van der Waals surface area contributed by atoms with E-state index in [1.54, 1.807) is 17.6 Å². The molecule has 98 valence electrons. The Hall–Kier alpha value is -1.17. The molecule has 0 aromatic carbocycles. The molecular formula is C13H19N3OS. The lowest BCUT2D eigenvalue weighted by Crippen LogP contribution is -2.18. The molecule has 1 N–H and O–H groups in total. The van der Waals surface area contributed by atoms with Crippen LogP contribution in [0.5, 0.6) is 0 Å². The van der Waals surface area contributed by atoms with E-state index in [-0.39, 0.29) is 0 Å². The quantitative estimate of drug-likeness (QED) is 0.871. The predicted molar refractivity (Wildman–Crippen MR) is 73.5 cm³/mol. The van der Waals surface area contributed by atoms with Gasteiger partial charge in [-0.3, -0.25) is 4.90 Å². The SMILES string of the molecule is CNCc1ccoc1CN(C)Cc1scnc1C. The molecule has 0 bridgehead atoms. The number of hydrogen-bond donors (Lipinski definition) is 1. The van der Waals surface area contributed by atoms with Crippen LogP contribution in [0.4, 0.5) is 0 Å². The molecule has 4 nitrogen and oxygen atoms in total. The van der Waals surface area contributed by atoms with Gasteiger partial charge in [0.15, 0.2) is 0 Å². The van der Waals surface area contributed by atoms with E-state index in [4.69, 9.17) is 4.42 Å². The molecule has 0 aliphatic carbocycles. The fourth-order valence-electron chi connectivity index (χ4n) is 1.88. The molecule has 0 radical (unpaired) electrons. The summed E-state index contributed by atoms with van der Waals surface area (Å²) in [5, 5.41) is 3.15. The van der Waals surface area contributed by atoms with Crippen LogP contribution in [0.3, 0.4) is 0 Å². The van der Waals surface area contributed by atoms with Crippen LogP contribution in [-0.4, -0.2) is 24.0 Å². The van der Waals surface area contributed by atoms with Crippen molar-refractivity contribution in [1.82, 2.24) is 15.2 Å². The molecule has 2 heterocycles. The summed E-state index contributed by atoms with van der Waals surface area (Å²) in [4.78, 5) is 7.84. The van der Waals surface area contributed by atoms with Crippen molar-refractivity contribution < 1.29 is 4.42 Å². The van der Waals surface area contributed by atoms with Crippen molar-refractivity contribution in [2.45, 2.75) is 26.6 Å². The van der Waals surface area contributed by atoms with Crippen LogP contribution in [-0.2, 0) is 19.6 Å². The first-order valence-electron chi connectivity index (χ1n) is 5.98. The normalized spacial score (nSPS) is 11.3. The predicted octanol–water partition coefficient (Wildman–Crippen LogP) is 2.40. The Kier molecular flexibility index (Phi) is 4.52. The number of hydrogen-bond acceptors (Lipinski definition) is 5. The molecule has 2 aromatic heterocycles. The van der Waals surface area contributed by atoms with Crippen molar-refractivity contribution in [3.05, 3.63) is 39.7 Å². The number of aryl methyl sites for hydroxylation is 1. The van der Waals surface area contributed by atoms with Crippen molar-refractivity contribution in [1.29, 1.82) is 0 Å². The zero-order valence-corrected chi connectivity index (χ0v) is 11.9. The zero-order valence-electron chi connectivity index (χ0n) is 11.1. The Balaban J connectivity index is 1.96. The minimum atomic E-state index is 0.821. The van der Waals surface area contributed by atoms with E-state index < -0.39 is 0 Å². The summed E-state index contributed by atoms with van der Waals surface area (Å²) < 4.78 is 5.54. The summed E-state index contributed by atoms with van der Waals surface area (Å²) in [6.45, 7) is 4.63. The molecule has 2 aromatic rings. The lowest BCUT2D eigenvalue weighted by molar-refractivity contribution is 0.287. The summed E-state index contributed by atoms with van der Waals surface area (Å²) in [5.41, 5.74) is 4.25. The first-order chi connectivity index (χ1) is 8.70. The third-order valence-electron chi connectivity index (χ3n) is 2.88. The molecule has 5 heteroatoms. The second-order valence-electron chi connectivity index (χ2n) is 4.43. The fourth-order valence-corrected chi connectivity index (χ4v) is 2.73. The molecule has 0 spiro atoms. The van der Waals surface area contributed by atoms with Crippen LogP contribution in [0.2, 0.25) is 0 Å². The summed E-state index contributed by atoms with van der Waals surface area (Å²) in [6.07, 6.45) is 1.76. The largest absolute Gasteiger partial charge is 0.468 e. The first-order valence-corrected chi connectivity index (χ1v) is 6.86. The molecule has 0 fully saturated rings. The van der Waals surface area contributed by atoms with Gasteiger partial charge in [-0.05, 0) is 27.1 Å². The van der Waals surface area contributed by atoms with Gasteiger partial charge in [-0.15, -0.1) is 11.3 Å². The van der Waals surface area contributed by atoms with Gasteiger partial charge in [0.1, 0.15) is 5.76 Å². The van der Waals surface area contributed by atoms with Gasteiger partial charge >= 0.3 is 0 Å². The van der Waals surface area contributed by atoms with Gasteiger partial charge in [-0.25, -0.2) is 4.98 Å². The van der Waals surface area contributed by atoms with Crippen LogP contribution in [0.1, 0.15) is 21.9 Å². The van der Waals surface area contributed by atoms with Crippen molar-refractivity contribution in [2.75, 3.05) is 14.1 Å². The van der Waals surface area contributed by atoms with Crippen LogP contribution in [0, 0.1) is 6.92 Å². The van der Waals surface area contributed by atoms with Gasteiger partial charge in [0.05, 0.1) is 24.0 Å². The van der Waals surface area contributed by atoms with E-state index in [9.17, 15) is 0 Å². The molecule has 0 saturated heterocycles. The van der Waals surface area contributed by atoms with Crippen LogP contribution >= 0.6 is 11.3 Å². The molecule has 0 unspecified atom stereocenters. The van der Waals surface area contributed by atoms with Crippen molar-refractivity contribution in [3.8, 4) is 0 Å². The summed E-state index contributed by atoms with van der Waals surface area (Å²) in [7, 11) is 4.05. The Morgan fingerprint density at radius 3 is 2.94 bits per heavy atom. The highest BCUT2D eigenvalue weighted by Gasteiger charge is 2.11. The Morgan fingerprint density at radius 2 is 2.28 bits per heavy atom. The van der Waals surface area contributed by atoms with Gasteiger partial charge in [0, 0.05) is 23.5 Å². The standard InChI is InChI=1S/C13H19N3OS/c1-10-13(18-9-15-10)8-16(3)7-12-11(6-14-2)4-5-17-12/h4-5,9,14H,6-8H2,1-3H3. The lowest BCUT2D eigenvalue weighted by atomic mass is 10.2. The van der Waals surface area contributed by atoms with Crippen molar-refractivity contribution in [2.24, 2.45) is 0 Å². The van der Waals surface area contributed by atoms with Crippen molar-refractivity contribution >= 4 is 11.3 Å². The van der Waals surface area contributed by atoms with E-state index in [2.05, 4.69) is 29.2 Å². The summed E-state index contributed by atoms with van der Waals surface area (Å²) in [5.74, 6) is 1.04. The van der Waals surface area contributed by atoms with Crippen LogP contribution < -0.4 is 5.32 Å². The Labute approximate surface area is 112 Å². The number of rotatable bonds is 6. The van der Waals surface area contributed by atoms with E-state index in [1.807, 2.05) is 18.6 Å². The molecule has 0 atom stereocenters. The monoisotopic (exact) mass is 265 g/mol. The third kappa shape index (κ3) is 3.19. The molecule has 0 aliphatic rings. The smallest absolute Gasteiger partial charge is 0.122 e. The average Bonchev–Trinajstić information content (AvgIpc) is 2.91. The first kappa shape index (κ1) is 13.3. The van der Waals surface area contributed by atoms with E-state index in [0.717, 1.165) is 31.1 Å². The summed E-state index contributed by atoms with van der Waals surface area (Å²) in [6, 6.07) is 2.03.